The molecular formula is C28H23N3O6. The van der Waals surface area contributed by atoms with Gasteiger partial charge in [-0.2, -0.15) is 0 Å². The van der Waals surface area contributed by atoms with Crippen LogP contribution >= 0.6 is 0 Å². The first-order chi connectivity index (χ1) is 17.7. The lowest BCUT2D eigenvalue weighted by atomic mass is 9.90. The van der Waals surface area contributed by atoms with Crippen molar-refractivity contribution in [2.45, 2.75) is 25.7 Å². The van der Waals surface area contributed by atoms with E-state index in [0.717, 1.165) is 67.1 Å². The Balaban J connectivity index is 1.80. The number of anilines is 1. The third-order valence-electron chi connectivity index (χ3n) is 6.92. The van der Waals surface area contributed by atoms with E-state index in [1.54, 1.807) is 6.08 Å². The molecule has 0 saturated heterocycles. The zero-order chi connectivity index (χ0) is 26.4. The fourth-order valence-corrected chi connectivity index (χ4v) is 5.29. The van der Waals surface area contributed by atoms with E-state index in [2.05, 4.69) is 16.3 Å². The molecule has 1 aromatic heterocycles. The van der Waals surface area contributed by atoms with Crippen LogP contribution in [0.5, 0.6) is 5.88 Å². The average molecular weight is 498 g/mol. The summed E-state index contributed by atoms with van der Waals surface area (Å²) in [6.07, 6.45) is 5.54. The van der Waals surface area contributed by atoms with Gasteiger partial charge in [0.2, 0.25) is 5.88 Å². The van der Waals surface area contributed by atoms with Crippen LogP contribution in [0.1, 0.15) is 50.2 Å². The molecule has 5 rings (SSSR count). The molecule has 2 aromatic carbocycles. The maximum Gasteiger partial charge on any atom is 0.335 e. The number of aromatic carboxylic acids is 2. The van der Waals surface area contributed by atoms with Crippen LogP contribution in [0.3, 0.4) is 0 Å². The first kappa shape index (κ1) is 23.9. The van der Waals surface area contributed by atoms with Crippen LogP contribution in [0.2, 0.25) is 0 Å². The maximum absolute atomic E-state index is 13.7. The summed E-state index contributed by atoms with van der Waals surface area (Å²) >= 11 is 0. The van der Waals surface area contributed by atoms with Gasteiger partial charge in [-0.05, 0) is 84.0 Å². The van der Waals surface area contributed by atoms with E-state index in [9.17, 15) is 29.7 Å². The van der Waals surface area contributed by atoms with Gasteiger partial charge < -0.3 is 20.2 Å². The van der Waals surface area contributed by atoms with E-state index < -0.39 is 23.4 Å². The summed E-state index contributed by atoms with van der Waals surface area (Å²) in [7, 11) is 0. The second kappa shape index (κ2) is 8.99. The van der Waals surface area contributed by atoms with Crippen LogP contribution in [0, 0.1) is 6.57 Å². The Morgan fingerprint density at radius 3 is 2.05 bits per heavy atom. The second-order valence-corrected chi connectivity index (χ2v) is 9.22. The number of aryl methyl sites for hydroxylation is 2. The van der Waals surface area contributed by atoms with E-state index in [0.29, 0.717) is 0 Å². The van der Waals surface area contributed by atoms with Crippen LogP contribution in [-0.2, 0) is 12.8 Å². The summed E-state index contributed by atoms with van der Waals surface area (Å²) in [6, 6.07) is 7.16. The Kier molecular flexibility index (Phi) is 5.80. The van der Waals surface area contributed by atoms with Crippen molar-refractivity contribution >= 4 is 36.0 Å². The predicted octanol–water partition coefficient (Wildman–Crippen LogP) is 2.43. The number of nitrogens with zero attached hydrogens (tertiary/aromatic N) is 3. The number of hydrogen-bond donors (Lipinski definition) is 3. The van der Waals surface area contributed by atoms with Crippen molar-refractivity contribution in [3.63, 3.8) is 0 Å². The van der Waals surface area contributed by atoms with Gasteiger partial charge in [0.1, 0.15) is 0 Å². The highest BCUT2D eigenvalue weighted by Gasteiger charge is 2.24. The number of carboxylic acids is 2. The molecule has 0 saturated carbocycles. The highest BCUT2D eigenvalue weighted by atomic mass is 16.4. The summed E-state index contributed by atoms with van der Waals surface area (Å²) in [5.41, 5.74) is 2.45. The van der Waals surface area contributed by atoms with Gasteiger partial charge in [-0.1, -0.05) is 0 Å². The Hall–Kier alpha value is -4.84. The van der Waals surface area contributed by atoms with Gasteiger partial charge in [0.15, 0.2) is 0 Å². The molecule has 37 heavy (non-hydrogen) atoms. The first-order valence-corrected chi connectivity index (χ1v) is 11.8. The summed E-state index contributed by atoms with van der Waals surface area (Å²) < 4.78 is 0.761. The van der Waals surface area contributed by atoms with Gasteiger partial charge in [0.25, 0.3) is 11.2 Å². The Morgan fingerprint density at radius 2 is 1.54 bits per heavy atom. The summed E-state index contributed by atoms with van der Waals surface area (Å²) in [4.78, 5) is 42.6. The average Bonchev–Trinajstić information content (AvgIpc) is 2.87. The lowest BCUT2D eigenvalue weighted by Gasteiger charge is -2.37. The Bertz CT molecular complexity index is 1650. The molecule has 3 N–H and O–H groups in total. The van der Waals surface area contributed by atoms with Crippen molar-refractivity contribution in [3.05, 3.63) is 90.4 Å². The van der Waals surface area contributed by atoms with Crippen molar-refractivity contribution in [3.8, 4) is 11.6 Å². The molecule has 3 aromatic rings. The summed E-state index contributed by atoms with van der Waals surface area (Å²) in [5.74, 6) is -3.54. The molecule has 9 heteroatoms. The van der Waals surface area contributed by atoms with E-state index in [1.807, 2.05) is 12.1 Å². The topological polar surface area (TPSA) is 124 Å². The lowest BCUT2D eigenvalue weighted by molar-refractivity contribution is 0.0696. The predicted molar refractivity (Wildman–Crippen MR) is 138 cm³/mol. The zero-order valence-electron chi connectivity index (χ0n) is 19.8. The number of pyridine rings is 1. The fraction of sp³-hybridized carbons (Fsp3) is 0.214. The minimum absolute atomic E-state index is 0.0367. The van der Waals surface area contributed by atoms with E-state index in [1.165, 1.54) is 16.8 Å². The molecule has 2 aliphatic rings. The van der Waals surface area contributed by atoms with E-state index in [4.69, 9.17) is 6.57 Å². The Morgan fingerprint density at radius 1 is 0.973 bits per heavy atom. The number of carboxylic acid groups (broad SMARTS) is 2. The molecule has 9 nitrogen and oxygen atoms in total. The third-order valence-corrected chi connectivity index (χ3v) is 6.92. The number of benzene rings is 2. The second-order valence-electron chi connectivity index (χ2n) is 9.22. The fourth-order valence-electron chi connectivity index (χ4n) is 5.29. The molecule has 0 unspecified atom stereocenters. The highest BCUT2D eigenvalue weighted by molar-refractivity contribution is 5.95. The van der Waals surface area contributed by atoms with Crippen molar-refractivity contribution in [2.75, 3.05) is 18.0 Å². The molecule has 0 fully saturated rings. The number of aromatic hydroxyl groups is 1. The molecule has 0 amide bonds. The monoisotopic (exact) mass is 497 g/mol. The zero-order valence-corrected chi connectivity index (χ0v) is 19.8. The number of rotatable bonds is 4. The van der Waals surface area contributed by atoms with Crippen LogP contribution in [0.25, 0.3) is 23.2 Å². The van der Waals surface area contributed by atoms with Crippen molar-refractivity contribution in [1.29, 1.82) is 0 Å². The van der Waals surface area contributed by atoms with E-state index >= 15 is 0 Å². The van der Waals surface area contributed by atoms with Gasteiger partial charge in [-0.15, -0.1) is 6.58 Å². The number of carbonyl (C=O) groups is 2. The highest BCUT2D eigenvalue weighted by Crippen LogP contribution is 2.36. The van der Waals surface area contributed by atoms with Crippen molar-refractivity contribution in [2.24, 2.45) is 0 Å². The molecule has 0 spiro atoms. The SMILES string of the molecule is [C-]#[N+]c1c(O)n(-c2cc(C(=O)O)cc(C(=O)O)c2)c(=O)c(=Cc2cc3c4c(c2)CCCN4CCC3)c1=C. The number of aromatic nitrogens is 1. The molecule has 186 valence electrons. The lowest BCUT2D eigenvalue weighted by Crippen LogP contribution is -2.44. The summed E-state index contributed by atoms with van der Waals surface area (Å²) in [5, 5.41) is 29.8. The quantitative estimate of drug-likeness (QED) is 0.473. The standard InChI is InChI=1S/C28H23N3O6/c1-15-22(11-16-9-17-5-3-7-30-8-4-6-18(10-16)24(17)30)25(32)31(26(33)23(15)29-2)21-13-19(27(34)35)12-20(14-21)28(36)37/h9-14,33H,1,3-8H2,(H,34,35)(H,36,37). The van der Waals surface area contributed by atoms with Gasteiger partial charge in [0.05, 0.1) is 23.4 Å². The normalized spacial score (nSPS) is 14.7. The minimum atomic E-state index is -1.40. The molecule has 0 radical (unpaired) electrons. The number of hydrogen-bond acceptors (Lipinski definition) is 5. The molecule has 0 bridgehead atoms. The largest absolute Gasteiger partial charge is 0.502 e. The van der Waals surface area contributed by atoms with Crippen LogP contribution in [0.4, 0.5) is 11.4 Å². The van der Waals surface area contributed by atoms with Crippen molar-refractivity contribution in [1.82, 2.24) is 4.57 Å². The first-order valence-electron chi connectivity index (χ1n) is 11.8. The maximum atomic E-state index is 13.7. The van der Waals surface area contributed by atoms with E-state index in [-0.39, 0.29) is 32.9 Å². The molecule has 0 atom stereocenters. The van der Waals surface area contributed by atoms with Crippen LogP contribution < -0.4 is 20.9 Å². The van der Waals surface area contributed by atoms with Crippen LogP contribution in [-0.4, -0.2) is 44.9 Å². The van der Waals surface area contributed by atoms with Crippen LogP contribution in [0.15, 0.2) is 35.1 Å². The molecule has 3 heterocycles. The third kappa shape index (κ3) is 4.02. The van der Waals surface area contributed by atoms with Crippen molar-refractivity contribution < 1.29 is 24.9 Å². The minimum Gasteiger partial charge on any atom is -0.502 e. The van der Waals surface area contributed by atoms with Gasteiger partial charge in [-0.25, -0.2) is 14.4 Å². The van der Waals surface area contributed by atoms with Gasteiger partial charge in [-0.3, -0.25) is 9.36 Å². The Labute approximate surface area is 211 Å². The van der Waals surface area contributed by atoms with Gasteiger partial charge in [0, 0.05) is 24.0 Å². The molecule has 0 aliphatic carbocycles. The smallest absolute Gasteiger partial charge is 0.335 e. The molecular weight excluding hydrogens is 474 g/mol. The van der Waals surface area contributed by atoms with Gasteiger partial charge >= 0.3 is 11.9 Å². The molecule has 2 aliphatic heterocycles. The summed E-state index contributed by atoms with van der Waals surface area (Å²) in [6.45, 7) is 13.5.